The Labute approximate surface area is 103 Å². The largest absolute Gasteiger partial charge is 0.394 e. The first-order valence-corrected chi connectivity index (χ1v) is 5.47. The van der Waals surface area contributed by atoms with E-state index >= 15 is 0 Å². The molecule has 7 nitrogen and oxygen atoms in total. The molecule has 2 heterocycles. The molecule has 0 aliphatic carbocycles. The summed E-state index contributed by atoms with van der Waals surface area (Å²) in [4.78, 5) is 11.1. The highest BCUT2D eigenvalue weighted by atomic mass is 16.6. The van der Waals surface area contributed by atoms with Gasteiger partial charge in [0, 0.05) is 6.07 Å². The third-order valence-corrected chi connectivity index (χ3v) is 2.92. The summed E-state index contributed by atoms with van der Waals surface area (Å²) in [7, 11) is 0. The molecule has 98 valence electrons. The summed E-state index contributed by atoms with van der Waals surface area (Å²) in [5.74, 6) is -0.601. The normalized spacial score (nSPS) is 31.5. The van der Waals surface area contributed by atoms with Gasteiger partial charge in [-0.3, -0.25) is 4.79 Å². The van der Waals surface area contributed by atoms with E-state index < -0.39 is 37.1 Å². The fraction of sp³-hybridized carbons (Fsp3) is 0.455. The van der Waals surface area contributed by atoms with Gasteiger partial charge in [0.25, 0.3) is 12.1 Å². The van der Waals surface area contributed by atoms with Gasteiger partial charge >= 0.3 is 0 Å². The van der Waals surface area contributed by atoms with Crippen molar-refractivity contribution < 1.29 is 29.4 Å². The van der Waals surface area contributed by atoms with Gasteiger partial charge in [-0.05, 0) is 6.07 Å². The second-order valence-corrected chi connectivity index (χ2v) is 4.13. The average molecular weight is 255 g/mol. The number of hydrogen-bond acceptors (Lipinski definition) is 5. The van der Waals surface area contributed by atoms with Gasteiger partial charge in [0.15, 0.2) is 18.5 Å². The molecule has 0 radical (unpaired) electrons. The minimum Gasteiger partial charge on any atom is -0.394 e. The Morgan fingerprint density at radius 1 is 1.44 bits per heavy atom. The molecule has 0 aromatic carbocycles. The lowest BCUT2D eigenvalue weighted by molar-refractivity contribution is -0.765. The first-order chi connectivity index (χ1) is 8.54. The van der Waals surface area contributed by atoms with Crippen molar-refractivity contribution in [2.45, 2.75) is 24.5 Å². The highest BCUT2D eigenvalue weighted by Crippen LogP contribution is 2.24. The summed E-state index contributed by atoms with van der Waals surface area (Å²) >= 11 is 0. The molecule has 1 saturated heterocycles. The Kier molecular flexibility index (Phi) is 3.58. The van der Waals surface area contributed by atoms with E-state index in [-0.39, 0.29) is 5.56 Å². The Hall–Kier alpha value is -1.54. The number of amides is 1. The van der Waals surface area contributed by atoms with Crippen LogP contribution < -0.4 is 10.3 Å². The summed E-state index contributed by atoms with van der Waals surface area (Å²) in [6.07, 6.45) is -1.08. The fourth-order valence-corrected chi connectivity index (χ4v) is 1.92. The molecule has 5 N–H and O–H groups in total. The number of pyridine rings is 1. The lowest BCUT2D eigenvalue weighted by atomic mass is 10.1. The number of ether oxygens (including phenoxy) is 1. The van der Waals surface area contributed by atoms with E-state index in [1.165, 1.54) is 16.8 Å². The lowest BCUT2D eigenvalue weighted by Crippen LogP contribution is -2.46. The highest BCUT2D eigenvalue weighted by Gasteiger charge is 2.47. The quantitative estimate of drug-likeness (QED) is 0.453. The van der Waals surface area contributed by atoms with E-state index in [0.29, 0.717) is 0 Å². The van der Waals surface area contributed by atoms with Crippen molar-refractivity contribution in [1.82, 2.24) is 0 Å². The summed E-state index contributed by atoms with van der Waals surface area (Å²) in [5.41, 5.74) is 5.41. The molecular weight excluding hydrogens is 240 g/mol. The van der Waals surface area contributed by atoms with Crippen LogP contribution in [-0.2, 0) is 4.74 Å². The first-order valence-electron chi connectivity index (χ1n) is 5.47. The zero-order valence-corrected chi connectivity index (χ0v) is 9.51. The first kappa shape index (κ1) is 12.9. The Balaban J connectivity index is 2.27. The number of nitrogens with two attached hydrogens (primary N) is 1. The molecule has 1 amide bonds. The maximum Gasteiger partial charge on any atom is 0.292 e. The van der Waals surface area contributed by atoms with Gasteiger partial charge in [0.2, 0.25) is 0 Å². The predicted octanol–water partition coefficient (Wildman–Crippen LogP) is -2.32. The van der Waals surface area contributed by atoms with Crippen LogP contribution in [0.1, 0.15) is 16.6 Å². The fourth-order valence-electron chi connectivity index (χ4n) is 1.92. The summed E-state index contributed by atoms with van der Waals surface area (Å²) in [6, 6.07) is 3.11. The molecule has 4 atom stereocenters. The second-order valence-electron chi connectivity index (χ2n) is 4.13. The molecule has 1 aromatic rings. The van der Waals surface area contributed by atoms with Crippen molar-refractivity contribution in [3.8, 4) is 0 Å². The van der Waals surface area contributed by atoms with Crippen molar-refractivity contribution in [3.05, 3.63) is 30.1 Å². The molecule has 1 aliphatic heterocycles. The van der Waals surface area contributed by atoms with Crippen LogP contribution in [0.25, 0.3) is 0 Å². The number of carbonyl (C=O) groups excluding carboxylic acids is 1. The molecule has 7 heteroatoms. The van der Waals surface area contributed by atoms with Crippen molar-refractivity contribution in [3.63, 3.8) is 0 Å². The number of rotatable bonds is 3. The molecule has 0 saturated carbocycles. The van der Waals surface area contributed by atoms with Crippen LogP contribution >= 0.6 is 0 Å². The van der Waals surface area contributed by atoms with Gasteiger partial charge in [0.1, 0.15) is 17.8 Å². The van der Waals surface area contributed by atoms with Gasteiger partial charge < -0.3 is 25.8 Å². The molecule has 0 unspecified atom stereocenters. The topological polar surface area (TPSA) is 117 Å². The smallest absolute Gasteiger partial charge is 0.292 e. The SMILES string of the molecule is NC(=O)c1ccc[n+]([C@@H]2O[C@@H](CO)[C@@H](O)[C@@H]2O)c1. The average Bonchev–Trinajstić information content (AvgIpc) is 2.66. The standard InChI is InChI=1S/C11H14N2O5/c12-10(17)6-2-1-3-13(4-6)11-9(16)8(15)7(5-14)18-11/h1-4,7-9,11,14-16H,5H2,(H-,12,17)/p+1/t7-,8+,9-,11+/m0/s1. The summed E-state index contributed by atoms with van der Waals surface area (Å²) < 4.78 is 6.75. The van der Waals surface area contributed by atoms with Crippen LogP contribution in [0.3, 0.4) is 0 Å². The van der Waals surface area contributed by atoms with Crippen LogP contribution in [-0.4, -0.2) is 46.1 Å². The molecule has 0 bridgehead atoms. The summed E-state index contributed by atoms with van der Waals surface area (Å²) in [6.45, 7) is -0.398. The van der Waals surface area contributed by atoms with E-state index in [4.69, 9.17) is 15.6 Å². The van der Waals surface area contributed by atoms with E-state index in [1.807, 2.05) is 0 Å². The monoisotopic (exact) mass is 255 g/mol. The van der Waals surface area contributed by atoms with E-state index in [1.54, 1.807) is 12.3 Å². The predicted molar refractivity (Wildman–Crippen MR) is 58.2 cm³/mol. The van der Waals surface area contributed by atoms with E-state index in [9.17, 15) is 15.0 Å². The minimum absolute atomic E-state index is 0.259. The van der Waals surface area contributed by atoms with Gasteiger partial charge in [-0.1, -0.05) is 0 Å². The Morgan fingerprint density at radius 3 is 2.72 bits per heavy atom. The van der Waals surface area contributed by atoms with Crippen LogP contribution in [0.4, 0.5) is 0 Å². The van der Waals surface area contributed by atoms with Gasteiger partial charge in [-0.2, -0.15) is 4.57 Å². The molecular formula is C11H15N2O5+. The molecule has 1 fully saturated rings. The molecule has 1 aromatic heterocycles. The third-order valence-electron chi connectivity index (χ3n) is 2.92. The lowest BCUT2D eigenvalue weighted by Gasteiger charge is -2.09. The van der Waals surface area contributed by atoms with Crippen molar-refractivity contribution in [2.75, 3.05) is 6.61 Å². The summed E-state index contributed by atoms with van der Waals surface area (Å²) in [5, 5.41) is 28.4. The van der Waals surface area contributed by atoms with Gasteiger partial charge in [-0.15, -0.1) is 0 Å². The van der Waals surface area contributed by atoms with Crippen LogP contribution in [0, 0.1) is 0 Å². The number of carbonyl (C=O) groups is 1. The zero-order valence-electron chi connectivity index (χ0n) is 9.51. The number of aromatic nitrogens is 1. The third kappa shape index (κ3) is 2.21. The zero-order chi connectivity index (χ0) is 13.3. The van der Waals surface area contributed by atoms with E-state index in [2.05, 4.69) is 0 Å². The van der Waals surface area contributed by atoms with Crippen LogP contribution in [0.15, 0.2) is 24.5 Å². The molecule has 1 aliphatic rings. The van der Waals surface area contributed by atoms with Crippen molar-refractivity contribution >= 4 is 5.91 Å². The van der Waals surface area contributed by atoms with Gasteiger partial charge in [0.05, 0.1) is 6.61 Å². The minimum atomic E-state index is -1.18. The van der Waals surface area contributed by atoms with Crippen molar-refractivity contribution in [1.29, 1.82) is 0 Å². The molecule has 0 spiro atoms. The Bertz CT molecular complexity index is 453. The number of hydrogen-bond donors (Lipinski definition) is 4. The number of aliphatic hydroxyl groups is 3. The van der Waals surface area contributed by atoms with Crippen LogP contribution in [0.2, 0.25) is 0 Å². The number of primary amides is 1. The van der Waals surface area contributed by atoms with Crippen LogP contribution in [0.5, 0.6) is 0 Å². The number of nitrogens with zero attached hydrogens (tertiary/aromatic N) is 1. The highest BCUT2D eigenvalue weighted by molar-refractivity contribution is 5.92. The molecule has 18 heavy (non-hydrogen) atoms. The second kappa shape index (κ2) is 4.99. The Morgan fingerprint density at radius 2 is 2.17 bits per heavy atom. The van der Waals surface area contributed by atoms with Crippen molar-refractivity contribution in [2.24, 2.45) is 5.73 Å². The van der Waals surface area contributed by atoms with Gasteiger partial charge in [-0.25, -0.2) is 0 Å². The molecule has 2 rings (SSSR count). The van der Waals surface area contributed by atoms with E-state index in [0.717, 1.165) is 0 Å². The number of aliphatic hydroxyl groups excluding tert-OH is 3. The maximum atomic E-state index is 11.1. The maximum absolute atomic E-state index is 11.1.